The minimum absolute atomic E-state index is 0.0343. The van der Waals surface area contributed by atoms with E-state index in [1.165, 1.54) is 6.33 Å². The third kappa shape index (κ3) is 5.16. The summed E-state index contributed by atoms with van der Waals surface area (Å²) in [5.41, 5.74) is 6.92. The van der Waals surface area contributed by atoms with E-state index in [1.807, 2.05) is 0 Å². The molecule has 0 aliphatic carbocycles. The molecule has 1 fully saturated rings. The number of fused-ring (bicyclic) bond motifs is 1. The average molecular weight is 498 g/mol. The van der Waals surface area contributed by atoms with E-state index in [-0.39, 0.29) is 28.9 Å². The lowest BCUT2D eigenvalue weighted by Gasteiger charge is -2.39. The maximum absolute atomic E-state index is 16.2. The van der Waals surface area contributed by atoms with Crippen molar-refractivity contribution in [2.75, 3.05) is 12.3 Å². The smallest absolute Gasteiger partial charge is 0.235 e. The zero-order valence-electron chi connectivity index (χ0n) is 21.7. The summed E-state index contributed by atoms with van der Waals surface area (Å²) in [5, 5.41) is -0.0756. The van der Waals surface area contributed by atoms with Crippen LogP contribution in [0, 0.1) is 0 Å². The number of nitrogen functional groups attached to an aromatic ring is 1. The van der Waals surface area contributed by atoms with Gasteiger partial charge in [-0.05, 0) is 36.3 Å². The first-order chi connectivity index (χ1) is 14.9. The molecule has 0 amide bonds. The fraction of sp³-hybridized carbons (Fsp3) is 0.773. The molecular weight excluding hydrogens is 457 g/mol. The van der Waals surface area contributed by atoms with Crippen LogP contribution in [0.25, 0.3) is 11.2 Å². The van der Waals surface area contributed by atoms with Crippen LogP contribution in [0.4, 0.5) is 10.2 Å². The Balaban J connectivity index is 1.95. The first-order valence-electron chi connectivity index (χ1n) is 11.5. The van der Waals surface area contributed by atoms with E-state index >= 15 is 4.39 Å². The molecule has 0 spiro atoms. The molecule has 3 rings (SSSR count). The van der Waals surface area contributed by atoms with Gasteiger partial charge in [0.25, 0.3) is 0 Å². The van der Waals surface area contributed by atoms with Crippen LogP contribution in [0.5, 0.6) is 0 Å². The van der Waals surface area contributed by atoms with Gasteiger partial charge in [-0.1, -0.05) is 41.5 Å². The Hall–Kier alpha value is -1.41. The number of nitrogens with zero attached hydrogens (tertiary/aromatic N) is 4. The van der Waals surface area contributed by atoms with Gasteiger partial charge >= 0.3 is 0 Å². The predicted molar refractivity (Wildman–Crippen MR) is 134 cm³/mol. The molecule has 8 nitrogen and oxygen atoms in total. The molecule has 2 N–H and O–H groups in total. The zero-order valence-corrected chi connectivity index (χ0v) is 23.7. The van der Waals surface area contributed by atoms with Crippen LogP contribution in [-0.2, 0) is 13.6 Å². The quantitative estimate of drug-likeness (QED) is 0.533. The van der Waals surface area contributed by atoms with Crippen molar-refractivity contribution in [3.8, 4) is 0 Å². The minimum atomic E-state index is -2.22. The SMILES string of the molecule is CC(C)(C)[Si](C)(C)OC[C@]1(F)C[C@@H](O[Si](C)(C)C(C)(C)C)[C@H](n2cnc3c(N)ncnc32)O1. The van der Waals surface area contributed by atoms with E-state index in [1.54, 1.807) is 10.9 Å². The van der Waals surface area contributed by atoms with E-state index in [4.69, 9.17) is 19.3 Å². The number of aromatic nitrogens is 4. The van der Waals surface area contributed by atoms with Crippen LogP contribution in [0.3, 0.4) is 0 Å². The van der Waals surface area contributed by atoms with Crippen molar-refractivity contribution in [1.82, 2.24) is 19.5 Å². The molecule has 2 aromatic rings. The largest absolute Gasteiger partial charge is 0.411 e. The zero-order chi connectivity index (χ0) is 25.0. The fourth-order valence-electron chi connectivity index (χ4n) is 3.29. The molecule has 3 atom stereocenters. The van der Waals surface area contributed by atoms with E-state index in [9.17, 15) is 0 Å². The second-order valence-corrected chi connectivity index (χ2v) is 21.7. The lowest BCUT2D eigenvalue weighted by atomic mass is 10.2. The highest BCUT2D eigenvalue weighted by Gasteiger charge is 2.53. The third-order valence-corrected chi connectivity index (χ3v) is 16.5. The molecule has 1 aliphatic rings. The van der Waals surface area contributed by atoms with Crippen LogP contribution in [0.1, 0.15) is 54.2 Å². The van der Waals surface area contributed by atoms with Crippen LogP contribution in [0.2, 0.25) is 36.3 Å². The molecule has 0 saturated carbocycles. The number of anilines is 1. The predicted octanol–water partition coefficient (Wildman–Crippen LogP) is 5.41. The third-order valence-electron chi connectivity index (χ3n) is 7.52. The first-order valence-corrected chi connectivity index (χ1v) is 17.3. The molecule has 0 unspecified atom stereocenters. The Bertz CT molecular complexity index is 1000. The molecule has 33 heavy (non-hydrogen) atoms. The van der Waals surface area contributed by atoms with Gasteiger partial charge in [-0.15, -0.1) is 0 Å². The molecule has 3 heterocycles. The highest BCUT2D eigenvalue weighted by atomic mass is 28.4. The van der Waals surface area contributed by atoms with Crippen molar-refractivity contribution in [3.05, 3.63) is 12.7 Å². The van der Waals surface area contributed by atoms with Crippen LogP contribution in [0.15, 0.2) is 12.7 Å². The topological polar surface area (TPSA) is 97.3 Å². The standard InChI is InChI=1S/C22H40FN5O3Si2/c1-20(2,3)32(7,8)29-12-22(23)11-15(31-33(9,10)21(4,5)6)19(30-22)28-14-27-16-17(24)25-13-26-18(16)28/h13-15,19H,11-12H2,1-10H3,(H2,24,25,26)/t15-,19-,22+/m1/s1. The molecule has 0 radical (unpaired) electrons. The number of halogens is 1. The van der Waals surface area contributed by atoms with Gasteiger partial charge in [-0.3, -0.25) is 4.57 Å². The second-order valence-electron chi connectivity index (χ2n) is 12.1. The molecular formula is C22H40FN5O3Si2. The molecule has 11 heteroatoms. The van der Waals surface area contributed by atoms with Gasteiger partial charge in [0, 0.05) is 6.42 Å². The number of rotatable bonds is 6. The molecule has 0 aromatic carbocycles. The Morgan fingerprint density at radius 3 is 2.27 bits per heavy atom. The van der Waals surface area contributed by atoms with E-state index < -0.39 is 34.8 Å². The first kappa shape index (κ1) is 26.2. The number of alkyl halides is 1. The van der Waals surface area contributed by atoms with Gasteiger partial charge < -0.3 is 19.3 Å². The lowest BCUT2D eigenvalue weighted by Crippen LogP contribution is -2.46. The van der Waals surface area contributed by atoms with Crippen molar-refractivity contribution in [2.45, 2.75) is 102 Å². The van der Waals surface area contributed by atoms with Crippen LogP contribution in [-0.4, -0.2) is 54.7 Å². The maximum atomic E-state index is 16.2. The van der Waals surface area contributed by atoms with Gasteiger partial charge in [-0.2, -0.15) is 0 Å². The normalized spacial score (nSPS) is 25.2. The summed E-state index contributed by atoms with van der Waals surface area (Å²) in [6.07, 6.45) is 1.75. The summed E-state index contributed by atoms with van der Waals surface area (Å²) >= 11 is 0. The Labute approximate surface area is 198 Å². The number of hydrogen-bond donors (Lipinski definition) is 1. The van der Waals surface area contributed by atoms with Gasteiger partial charge in [0.05, 0.1) is 19.0 Å². The van der Waals surface area contributed by atoms with E-state index in [0.29, 0.717) is 11.2 Å². The van der Waals surface area contributed by atoms with Crippen molar-refractivity contribution >= 4 is 33.6 Å². The van der Waals surface area contributed by atoms with Crippen LogP contribution < -0.4 is 5.73 Å². The highest BCUT2D eigenvalue weighted by Crippen LogP contribution is 2.47. The summed E-state index contributed by atoms with van der Waals surface area (Å²) in [4.78, 5) is 12.7. The van der Waals surface area contributed by atoms with Crippen molar-refractivity contribution in [1.29, 1.82) is 0 Å². The number of ether oxygens (including phenoxy) is 1. The monoisotopic (exact) mass is 497 g/mol. The summed E-state index contributed by atoms with van der Waals surface area (Å²) in [5.74, 6) is -1.71. The Morgan fingerprint density at radius 2 is 1.70 bits per heavy atom. The van der Waals surface area contributed by atoms with Crippen molar-refractivity contribution in [3.63, 3.8) is 0 Å². The summed E-state index contributed by atoms with van der Waals surface area (Å²) in [7, 11) is -4.39. The molecule has 1 saturated heterocycles. The summed E-state index contributed by atoms with van der Waals surface area (Å²) in [6.45, 7) is 21.3. The fourth-order valence-corrected chi connectivity index (χ4v) is 5.61. The van der Waals surface area contributed by atoms with Gasteiger partial charge in [0.2, 0.25) is 5.85 Å². The second kappa shape index (κ2) is 8.37. The Kier molecular flexibility index (Phi) is 6.64. The summed E-state index contributed by atoms with van der Waals surface area (Å²) in [6, 6.07) is 0. The molecule has 1 aliphatic heterocycles. The Morgan fingerprint density at radius 1 is 1.09 bits per heavy atom. The van der Waals surface area contributed by atoms with Gasteiger partial charge in [-0.25, -0.2) is 19.3 Å². The molecule has 186 valence electrons. The minimum Gasteiger partial charge on any atom is -0.411 e. The molecule has 2 aromatic heterocycles. The number of imidazole rings is 1. The number of nitrogens with two attached hydrogens (primary N) is 1. The van der Waals surface area contributed by atoms with Gasteiger partial charge in [0.15, 0.2) is 34.3 Å². The molecule has 0 bridgehead atoms. The average Bonchev–Trinajstić information content (AvgIpc) is 3.20. The lowest BCUT2D eigenvalue weighted by molar-refractivity contribution is -0.176. The van der Waals surface area contributed by atoms with Crippen molar-refractivity contribution in [2.24, 2.45) is 0 Å². The van der Waals surface area contributed by atoms with Crippen LogP contribution >= 0.6 is 0 Å². The van der Waals surface area contributed by atoms with E-state index in [2.05, 4.69) is 82.7 Å². The highest BCUT2D eigenvalue weighted by molar-refractivity contribution is 6.74. The maximum Gasteiger partial charge on any atom is 0.235 e. The van der Waals surface area contributed by atoms with Crippen molar-refractivity contribution < 1.29 is 18.0 Å². The summed E-state index contributed by atoms with van der Waals surface area (Å²) < 4.78 is 36.9. The number of hydrogen-bond acceptors (Lipinski definition) is 7. The van der Waals surface area contributed by atoms with Gasteiger partial charge in [0.1, 0.15) is 11.8 Å². The van der Waals surface area contributed by atoms with E-state index in [0.717, 1.165) is 0 Å².